The highest BCUT2D eigenvalue weighted by Crippen LogP contribution is 2.51. The standard InChI is InChI=1S/C22H30ClN4O3P/c1-4-15-7-8-18-17(13-15)19-20(24-18)21(26-22(23)25-19)27-11-9-16(10-12-27)14-31(28,29-5-2)30-6-3/h7-8,13,16,24H,4-6,9-12,14H2,1-3H3. The van der Waals surface area contributed by atoms with Gasteiger partial charge in [0.2, 0.25) is 5.28 Å². The maximum absolute atomic E-state index is 12.9. The zero-order valence-corrected chi connectivity index (χ0v) is 20.0. The quantitative estimate of drug-likeness (QED) is 0.334. The second-order valence-electron chi connectivity index (χ2n) is 7.96. The van der Waals surface area contributed by atoms with Crippen molar-refractivity contribution in [2.45, 2.75) is 40.0 Å². The van der Waals surface area contributed by atoms with Gasteiger partial charge in [0, 0.05) is 24.0 Å². The summed E-state index contributed by atoms with van der Waals surface area (Å²) >= 11 is 6.33. The van der Waals surface area contributed by atoms with Crippen molar-refractivity contribution in [2.75, 3.05) is 37.4 Å². The second kappa shape index (κ2) is 9.45. The van der Waals surface area contributed by atoms with Crippen molar-refractivity contribution in [2.24, 2.45) is 5.92 Å². The van der Waals surface area contributed by atoms with Gasteiger partial charge in [0.15, 0.2) is 5.82 Å². The van der Waals surface area contributed by atoms with E-state index in [1.54, 1.807) is 0 Å². The Morgan fingerprint density at radius 3 is 2.52 bits per heavy atom. The highest BCUT2D eigenvalue weighted by molar-refractivity contribution is 7.53. The van der Waals surface area contributed by atoms with E-state index in [1.807, 2.05) is 13.8 Å². The van der Waals surface area contributed by atoms with Gasteiger partial charge in [-0.25, -0.2) is 4.98 Å². The number of rotatable bonds is 8. The number of hydrogen-bond acceptors (Lipinski definition) is 6. The molecule has 0 aliphatic carbocycles. The summed E-state index contributed by atoms with van der Waals surface area (Å²) in [7, 11) is -3.03. The van der Waals surface area contributed by atoms with Crippen molar-refractivity contribution >= 4 is 47.0 Å². The van der Waals surface area contributed by atoms with E-state index in [0.29, 0.717) is 25.3 Å². The Hall–Kier alpha value is -1.66. The van der Waals surface area contributed by atoms with E-state index in [0.717, 1.165) is 60.1 Å². The number of aryl methyl sites for hydroxylation is 1. The van der Waals surface area contributed by atoms with E-state index in [-0.39, 0.29) is 5.28 Å². The Morgan fingerprint density at radius 2 is 1.87 bits per heavy atom. The van der Waals surface area contributed by atoms with E-state index >= 15 is 0 Å². The van der Waals surface area contributed by atoms with Crippen molar-refractivity contribution in [3.05, 3.63) is 29.0 Å². The Morgan fingerprint density at radius 1 is 1.16 bits per heavy atom. The molecule has 0 unspecified atom stereocenters. The molecule has 1 aromatic carbocycles. The predicted octanol–water partition coefficient (Wildman–Crippen LogP) is 5.81. The minimum absolute atomic E-state index is 0.254. The van der Waals surface area contributed by atoms with Crippen LogP contribution in [0.4, 0.5) is 5.82 Å². The van der Waals surface area contributed by atoms with Crippen LogP contribution in [0.3, 0.4) is 0 Å². The number of H-pyrrole nitrogens is 1. The molecule has 3 aromatic rings. The number of hydrogen-bond donors (Lipinski definition) is 1. The van der Waals surface area contributed by atoms with Crippen LogP contribution in [0.2, 0.25) is 5.28 Å². The van der Waals surface area contributed by atoms with Crippen LogP contribution in [-0.4, -0.2) is 47.4 Å². The Kier molecular flexibility index (Phi) is 6.87. The largest absolute Gasteiger partial charge is 0.355 e. The number of benzene rings is 1. The molecular weight excluding hydrogens is 435 g/mol. The van der Waals surface area contributed by atoms with Crippen molar-refractivity contribution in [3.63, 3.8) is 0 Å². The van der Waals surface area contributed by atoms with Crippen LogP contribution < -0.4 is 4.90 Å². The topological polar surface area (TPSA) is 80.3 Å². The molecule has 1 aliphatic rings. The van der Waals surface area contributed by atoms with E-state index in [1.165, 1.54) is 5.56 Å². The van der Waals surface area contributed by atoms with Crippen LogP contribution in [0.25, 0.3) is 21.9 Å². The van der Waals surface area contributed by atoms with Gasteiger partial charge >= 0.3 is 7.60 Å². The number of nitrogens with one attached hydrogen (secondary N) is 1. The number of nitrogens with zero attached hydrogens (tertiary/aromatic N) is 3. The fourth-order valence-electron chi connectivity index (χ4n) is 4.39. The summed E-state index contributed by atoms with van der Waals surface area (Å²) in [6.45, 7) is 8.25. The van der Waals surface area contributed by atoms with Gasteiger partial charge in [0.1, 0.15) is 11.0 Å². The number of aromatic nitrogens is 3. The van der Waals surface area contributed by atoms with Gasteiger partial charge in [0.05, 0.1) is 19.4 Å². The molecule has 0 saturated carbocycles. The molecule has 1 fully saturated rings. The van der Waals surface area contributed by atoms with Gasteiger partial charge in [-0.1, -0.05) is 13.0 Å². The third kappa shape index (κ3) is 4.75. The van der Waals surface area contributed by atoms with Gasteiger partial charge in [-0.15, -0.1) is 0 Å². The number of halogens is 1. The van der Waals surface area contributed by atoms with Crippen LogP contribution in [0.1, 0.15) is 39.2 Å². The second-order valence-corrected chi connectivity index (χ2v) is 10.4. The lowest BCUT2D eigenvalue weighted by molar-refractivity contribution is 0.213. The van der Waals surface area contributed by atoms with Crippen LogP contribution in [0.15, 0.2) is 18.2 Å². The first kappa shape index (κ1) is 22.5. The first-order chi connectivity index (χ1) is 15.0. The van der Waals surface area contributed by atoms with Gasteiger partial charge < -0.3 is 18.9 Å². The molecule has 1 N–H and O–H groups in total. The lowest BCUT2D eigenvalue weighted by Gasteiger charge is -2.34. The molecule has 0 radical (unpaired) electrons. The number of piperidine rings is 1. The third-order valence-corrected chi connectivity index (χ3v) is 8.35. The van der Waals surface area contributed by atoms with Gasteiger partial charge in [-0.3, -0.25) is 4.57 Å². The van der Waals surface area contributed by atoms with E-state index in [9.17, 15) is 4.57 Å². The first-order valence-electron chi connectivity index (χ1n) is 11.1. The minimum Gasteiger partial charge on any atom is -0.355 e. The van der Waals surface area contributed by atoms with Crippen molar-refractivity contribution in [1.29, 1.82) is 0 Å². The van der Waals surface area contributed by atoms with E-state index in [4.69, 9.17) is 20.6 Å². The summed E-state index contributed by atoms with van der Waals surface area (Å²) in [5, 5.41) is 1.33. The zero-order valence-electron chi connectivity index (χ0n) is 18.4. The van der Waals surface area contributed by atoms with Crippen LogP contribution in [-0.2, 0) is 20.0 Å². The van der Waals surface area contributed by atoms with Crippen molar-refractivity contribution < 1.29 is 13.6 Å². The Labute approximate surface area is 188 Å². The summed E-state index contributed by atoms with van der Waals surface area (Å²) in [5.74, 6) is 1.13. The molecular formula is C22H30ClN4O3P. The average Bonchev–Trinajstić information content (AvgIpc) is 3.11. The normalized spacial score (nSPS) is 15.9. The summed E-state index contributed by atoms with van der Waals surface area (Å²) in [4.78, 5) is 14.8. The van der Waals surface area contributed by atoms with E-state index < -0.39 is 7.60 Å². The molecule has 2 aromatic heterocycles. The SMILES string of the molecule is CCOP(=O)(CC1CCN(c2nc(Cl)nc3c2[nH]c2ccc(CC)cc23)CC1)OCC. The monoisotopic (exact) mass is 464 g/mol. The lowest BCUT2D eigenvalue weighted by Crippen LogP contribution is -2.35. The summed E-state index contributed by atoms with van der Waals surface area (Å²) in [6.07, 6.45) is 3.23. The fourth-order valence-corrected chi connectivity index (χ4v) is 6.63. The molecule has 0 amide bonds. The highest BCUT2D eigenvalue weighted by atomic mass is 35.5. The molecule has 7 nitrogen and oxygen atoms in total. The van der Waals surface area contributed by atoms with Crippen LogP contribution in [0, 0.1) is 5.92 Å². The van der Waals surface area contributed by atoms with Gasteiger partial charge in [0.25, 0.3) is 0 Å². The molecule has 0 atom stereocenters. The van der Waals surface area contributed by atoms with Crippen molar-refractivity contribution in [3.8, 4) is 0 Å². The number of fused-ring (bicyclic) bond motifs is 3. The average molecular weight is 465 g/mol. The van der Waals surface area contributed by atoms with Gasteiger partial charge in [-0.05, 0) is 68.3 Å². The fraction of sp³-hybridized carbons (Fsp3) is 0.545. The lowest BCUT2D eigenvalue weighted by atomic mass is 9.99. The molecule has 3 heterocycles. The Bertz CT molecular complexity index is 1100. The maximum atomic E-state index is 12.9. The zero-order chi connectivity index (χ0) is 22.0. The summed E-state index contributed by atoms with van der Waals surface area (Å²) in [5.41, 5.74) is 4.08. The molecule has 0 bridgehead atoms. The molecule has 0 spiro atoms. The molecule has 1 saturated heterocycles. The van der Waals surface area contributed by atoms with Crippen molar-refractivity contribution in [1.82, 2.24) is 15.0 Å². The smallest absolute Gasteiger partial charge is 0.330 e. The maximum Gasteiger partial charge on any atom is 0.330 e. The first-order valence-corrected chi connectivity index (χ1v) is 13.2. The summed E-state index contributed by atoms with van der Waals surface area (Å²) in [6, 6.07) is 6.40. The third-order valence-electron chi connectivity index (χ3n) is 5.92. The molecule has 31 heavy (non-hydrogen) atoms. The number of aromatic amines is 1. The Balaban J connectivity index is 1.57. The highest BCUT2D eigenvalue weighted by Gasteiger charge is 2.31. The molecule has 168 valence electrons. The number of anilines is 1. The predicted molar refractivity (Wildman–Crippen MR) is 126 cm³/mol. The molecule has 1 aliphatic heterocycles. The summed E-state index contributed by atoms with van der Waals surface area (Å²) < 4.78 is 23.9. The van der Waals surface area contributed by atoms with E-state index in [2.05, 4.69) is 45.0 Å². The minimum atomic E-state index is -3.03. The molecule has 9 heteroatoms. The molecule has 4 rings (SSSR count). The van der Waals surface area contributed by atoms with Crippen LogP contribution in [0.5, 0.6) is 0 Å². The van der Waals surface area contributed by atoms with Crippen LogP contribution >= 0.6 is 19.2 Å². The van der Waals surface area contributed by atoms with Gasteiger partial charge in [-0.2, -0.15) is 4.98 Å².